The summed E-state index contributed by atoms with van der Waals surface area (Å²) in [6.45, 7) is 1.79. The van der Waals surface area contributed by atoms with Crippen LogP contribution in [-0.4, -0.2) is 56.7 Å². The van der Waals surface area contributed by atoms with Gasteiger partial charge < -0.3 is 24.0 Å². The largest absolute Gasteiger partial charge is 0.497 e. The maximum Gasteiger partial charge on any atom is 0.332 e. The third-order valence-corrected chi connectivity index (χ3v) is 5.61. The summed E-state index contributed by atoms with van der Waals surface area (Å²) in [5.41, 5.74) is -0.244. The van der Waals surface area contributed by atoms with E-state index in [0.29, 0.717) is 22.9 Å². The first-order valence-corrected chi connectivity index (χ1v) is 10.3. The second kappa shape index (κ2) is 8.46. The predicted octanol–water partition coefficient (Wildman–Crippen LogP) is 0.482. The van der Waals surface area contributed by atoms with Crippen LogP contribution in [0.25, 0.3) is 11.2 Å². The summed E-state index contributed by atoms with van der Waals surface area (Å²) >= 11 is 0. The molecule has 3 aromatic rings. The molecule has 1 N–H and O–H groups in total. The molecule has 10 nitrogen and oxygen atoms in total. The van der Waals surface area contributed by atoms with Crippen LogP contribution in [-0.2, 0) is 20.6 Å². The Bertz CT molecular complexity index is 1190. The quantitative estimate of drug-likeness (QED) is 0.583. The molecule has 0 amide bonds. The molecule has 0 bridgehead atoms. The Morgan fingerprint density at radius 2 is 1.71 bits per heavy atom. The van der Waals surface area contributed by atoms with Crippen molar-refractivity contribution >= 4 is 17.1 Å². The third kappa shape index (κ3) is 3.90. The zero-order valence-electron chi connectivity index (χ0n) is 17.9. The molecule has 0 unspecified atom stereocenters. The number of fused-ring (bicyclic) bond motifs is 1. The fraction of sp³-hybridized carbons (Fsp3) is 0.476. The van der Waals surface area contributed by atoms with Crippen molar-refractivity contribution in [3.63, 3.8) is 0 Å². The summed E-state index contributed by atoms with van der Waals surface area (Å²) in [6.07, 6.45) is 1.18. The van der Waals surface area contributed by atoms with Crippen LogP contribution in [0.15, 0.2) is 33.9 Å². The van der Waals surface area contributed by atoms with Crippen LogP contribution in [0, 0.1) is 0 Å². The average molecular weight is 429 g/mol. The number of rotatable bonds is 7. The molecule has 1 atom stereocenters. The van der Waals surface area contributed by atoms with Crippen molar-refractivity contribution in [1.29, 1.82) is 0 Å². The Balaban J connectivity index is 1.65. The van der Waals surface area contributed by atoms with Gasteiger partial charge in [-0.3, -0.25) is 13.9 Å². The van der Waals surface area contributed by atoms with E-state index < -0.39 is 17.4 Å². The van der Waals surface area contributed by atoms with Crippen LogP contribution < -0.4 is 25.6 Å². The lowest BCUT2D eigenvalue weighted by Crippen LogP contribution is -2.38. The first kappa shape index (κ1) is 21.0. The minimum atomic E-state index is -0.886. The molecule has 4 rings (SSSR count). The number of aliphatic hydroxyl groups is 1. The molecule has 0 saturated carbocycles. The predicted molar refractivity (Wildman–Crippen MR) is 116 cm³/mol. The zero-order valence-corrected chi connectivity index (χ0v) is 17.9. The number of aromatic nitrogens is 4. The summed E-state index contributed by atoms with van der Waals surface area (Å²) in [6, 6.07) is 7.08. The smallest absolute Gasteiger partial charge is 0.332 e. The molecule has 0 spiro atoms. The van der Waals surface area contributed by atoms with Crippen molar-refractivity contribution < 1.29 is 14.6 Å². The van der Waals surface area contributed by atoms with Crippen molar-refractivity contribution in [2.24, 2.45) is 14.1 Å². The van der Waals surface area contributed by atoms with Gasteiger partial charge in [0.1, 0.15) is 24.2 Å². The molecular formula is C21H27N5O5. The van der Waals surface area contributed by atoms with Gasteiger partial charge in [0.15, 0.2) is 11.2 Å². The van der Waals surface area contributed by atoms with Crippen LogP contribution in [0.4, 0.5) is 5.95 Å². The van der Waals surface area contributed by atoms with Crippen LogP contribution in [0.3, 0.4) is 0 Å². The number of hydrogen-bond acceptors (Lipinski definition) is 7. The minimum Gasteiger partial charge on any atom is -0.497 e. The number of hydrogen-bond donors (Lipinski definition) is 1. The number of ether oxygens (including phenoxy) is 2. The molecule has 1 fully saturated rings. The number of imidazole rings is 1. The molecule has 1 aliphatic heterocycles. The molecular weight excluding hydrogens is 402 g/mol. The molecule has 10 heteroatoms. The molecule has 1 saturated heterocycles. The van der Waals surface area contributed by atoms with E-state index in [9.17, 15) is 14.7 Å². The summed E-state index contributed by atoms with van der Waals surface area (Å²) in [5.74, 6) is 1.91. The third-order valence-electron chi connectivity index (χ3n) is 5.61. The van der Waals surface area contributed by atoms with Crippen LogP contribution >= 0.6 is 0 Å². The molecule has 31 heavy (non-hydrogen) atoms. The molecule has 3 heterocycles. The van der Waals surface area contributed by atoms with E-state index >= 15 is 0 Å². The van der Waals surface area contributed by atoms with Gasteiger partial charge in [-0.1, -0.05) is 0 Å². The Morgan fingerprint density at radius 1 is 1.06 bits per heavy atom. The van der Waals surface area contributed by atoms with Gasteiger partial charge in [0.25, 0.3) is 5.56 Å². The van der Waals surface area contributed by atoms with Crippen molar-refractivity contribution in [1.82, 2.24) is 18.7 Å². The van der Waals surface area contributed by atoms with Gasteiger partial charge in [0.05, 0.1) is 13.7 Å². The zero-order chi connectivity index (χ0) is 22.1. The monoisotopic (exact) mass is 429 g/mol. The van der Waals surface area contributed by atoms with Crippen molar-refractivity contribution in [2.75, 3.05) is 31.7 Å². The summed E-state index contributed by atoms with van der Waals surface area (Å²) in [7, 11) is 4.63. The van der Waals surface area contributed by atoms with Gasteiger partial charge >= 0.3 is 5.69 Å². The Labute approximate surface area is 178 Å². The second-order valence-corrected chi connectivity index (χ2v) is 7.73. The standard InChI is InChI=1S/C21H27N5O5/c1-23-18-17(19(28)24(2)21(23)29)26(20(22-18)25-10-4-5-11-25)12-14(27)13-31-16-8-6-15(30-3)7-9-16/h6-9,14,27H,4-5,10-13H2,1-3H3/t14-/m0/s1. The van der Waals surface area contributed by atoms with Crippen LogP contribution in [0.1, 0.15) is 12.8 Å². The summed E-state index contributed by atoms with van der Waals surface area (Å²) in [4.78, 5) is 32.0. The fourth-order valence-electron chi connectivity index (χ4n) is 3.89. The number of nitrogens with zero attached hydrogens (tertiary/aromatic N) is 5. The summed E-state index contributed by atoms with van der Waals surface area (Å²) in [5, 5.41) is 10.7. The minimum absolute atomic E-state index is 0.0392. The van der Waals surface area contributed by atoms with Crippen molar-refractivity contribution in [3.05, 3.63) is 45.1 Å². The normalized spacial score (nSPS) is 14.9. The highest BCUT2D eigenvalue weighted by Gasteiger charge is 2.25. The molecule has 0 aliphatic carbocycles. The second-order valence-electron chi connectivity index (χ2n) is 7.73. The van der Waals surface area contributed by atoms with E-state index in [-0.39, 0.29) is 13.2 Å². The molecule has 0 radical (unpaired) electrons. The molecule has 1 aromatic carbocycles. The highest BCUT2D eigenvalue weighted by molar-refractivity contribution is 5.74. The fourth-order valence-corrected chi connectivity index (χ4v) is 3.89. The Hall–Kier alpha value is -3.27. The number of aryl methyl sites for hydroxylation is 1. The van der Waals surface area contributed by atoms with E-state index in [1.54, 1.807) is 43.0 Å². The van der Waals surface area contributed by atoms with E-state index in [1.165, 1.54) is 11.6 Å². The SMILES string of the molecule is COc1ccc(OC[C@@H](O)Cn2c(N3CCCC3)nc3c2c(=O)n(C)c(=O)n3C)cc1. The van der Waals surface area contributed by atoms with Crippen molar-refractivity contribution in [3.8, 4) is 11.5 Å². The molecule has 2 aromatic heterocycles. The topological polar surface area (TPSA) is 104 Å². The molecule has 1 aliphatic rings. The maximum absolute atomic E-state index is 12.9. The first-order chi connectivity index (χ1) is 14.9. The van der Waals surface area contributed by atoms with Gasteiger partial charge in [-0.05, 0) is 37.1 Å². The van der Waals surface area contributed by atoms with Crippen LogP contribution in [0.5, 0.6) is 11.5 Å². The van der Waals surface area contributed by atoms with E-state index in [4.69, 9.17) is 9.47 Å². The molecule has 166 valence electrons. The van der Waals surface area contributed by atoms with Gasteiger partial charge in [0, 0.05) is 27.2 Å². The number of anilines is 1. The average Bonchev–Trinajstić information content (AvgIpc) is 3.43. The number of aliphatic hydroxyl groups excluding tert-OH is 1. The Kier molecular flexibility index (Phi) is 5.73. The highest BCUT2D eigenvalue weighted by Crippen LogP contribution is 2.24. The highest BCUT2D eigenvalue weighted by atomic mass is 16.5. The van der Waals surface area contributed by atoms with Gasteiger partial charge in [-0.2, -0.15) is 4.98 Å². The van der Waals surface area contributed by atoms with E-state index in [1.807, 2.05) is 0 Å². The number of methoxy groups -OCH3 is 1. The van der Waals surface area contributed by atoms with E-state index in [2.05, 4.69) is 9.88 Å². The van der Waals surface area contributed by atoms with E-state index in [0.717, 1.165) is 36.2 Å². The lowest BCUT2D eigenvalue weighted by molar-refractivity contribution is 0.0936. The van der Waals surface area contributed by atoms with Gasteiger partial charge in [0.2, 0.25) is 5.95 Å². The first-order valence-electron chi connectivity index (χ1n) is 10.3. The Morgan fingerprint density at radius 3 is 2.35 bits per heavy atom. The van der Waals surface area contributed by atoms with Crippen LogP contribution in [0.2, 0.25) is 0 Å². The summed E-state index contributed by atoms with van der Waals surface area (Å²) < 4.78 is 15.0. The number of benzene rings is 1. The van der Waals surface area contributed by atoms with Gasteiger partial charge in [-0.15, -0.1) is 0 Å². The van der Waals surface area contributed by atoms with Crippen molar-refractivity contribution in [2.45, 2.75) is 25.5 Å². The van der Waals surface area contributed by atoms with Gasteiger partial charge in [-0.25, -0.2) is 4.79 Å². The maximum atomic E-state index is 12.9. The lowest BCUT2D eigenvalue weighted by Gasteiger charge is -2.20. The lowest BCUT2D eigenvalue weighted by atomic mass is 10.3.